The van der Waals surface area contributed by atoms with Gasteiger partial charge in [0, 0.05) is 11.1 Å². The Bertz CT molecular complexity index is 906. The van der Waals surface area contributed by atoms with Gasteiger partial charge in [-0.25, -0.2) is 4.63 Å². The van der Waals surface area contributed by atoms with E-state index in [1.807, 2.05) is 12.1 Å². The predicted octanol–water partition coefficient (Wildman–Crippen LogP) is 2.64. The van der Waals surface area contributed by atoms with Crippen molar-refractivity contribution in [3.63, 3.8) is 0 Å². The molecule has 0 spiro atoms. The van der Waals surface area contributed by atoms with Gasteiger partial charge in [-0.05, 0) is 29.4 Å². The van der Waals surface area contributed by atoms with Crippen molar-refractivity contribution in [3.05, 3.63) is 84.4 Å². The van der Waals surface area contributed by atoms with Crippen LogP contribution in [0.4, 0.5) is 11.8 Å². The van der Waals surface area contributed by atoms with E-state index >= 15 is 0 Å². The van der Waals surface area contributed by atoms with Crippen LogP contribution in [-0.2, 0) is 0 Å². The fraction of sp³-hybridized carbons (Fsp3) is 0. The summed E-state index contributed by atoms with van der Waals surface area (Å²) < 4.78 is 9.11. The number of anilines is 2. The molecule has 0 unspecified atom stereocenters. The number of aromatic nitrogens is 4. The summed E-state index contributed by atoms with van der Waals surface area (Å²) in [5.41, 5.74) is 1.11. The number of nitrogens with one attached hydrogen (secondary N) is 2. The maximum Gasteiger partial charge on any atom is 0.322 e. The Balaban J connectivity index is 0.000000161. The van der Waals surface area contributed by atoms with Gasteiger partial charge >= 0.3 is 6.01 Å². The van der Waals surface area contributed by atoms with E-state index in [0.29, 0.717) is 16.9 Å². The van der Waals surface area contributed by atoms with Crippen molar-refractivity contribution in [3.8, 4) is 0 Å². The van der Waals surface area contributed by atoms with Crippen LogP contribution in [0.3, 0.4) is 0 Å². The number of carbonyl (C=O) groups excluding carboxylic acids is 2. The minimum Gasteiger partial charge on any atom is -0.411 e. The zero-order valence-electron chi connectivity index (χ0n) is 14.4. The molecule has 0 atom stereocenters. The van der Waals surface area contributed by atoms with E-state index in [1.165, 1.54) is 6.20 Å². The number of benzene rings is 2. The largest absolute Gasteiger partial charge is 0.411 e. The molecule has 0 aliphatic carbocycles. The summed E-state index contributed by atoms with van der Waals surface area (Å²) in [6, 6.07) is 17.7. The van der Waals surface area contributed by atoms with Crippen LogP contribution >= 0.6 is 0 Å². The van der Waals surface area contributed by atoms with Crippen LogP contribution in [0.5, 0.6) is 0 Å². The quantitative estimate of drug-likeness (QED) is 0.553. The summed E-state index contributed by atoms with van der Waals surface area (Å²) in [6.45, 7) is 0. The first-order chi connectivity index (χ1) is 13.7. The van der Waals surface area contributed by atoms with Crippen LogP contribution in [-0.4, -0.2) is 32.3 Å². The van der Waals surface area contributed by atoms with Gasteiger partial charge in [-0.1, -0.05) is 46.7 Å². The van der Waals surface area contributed by atoms with Crippen LogP contribution in [0.2, 0.25) is 0 Å². The van der Waals surface area contributed by atoms with Crippen molar-refractivity contribution in [2.24, 2.45) is 0 Å². The number of hydrogen-bond acceptors (Lipinski definition) is 8. The summed E-state index contributed by atoms with van der Waals surface area (Å²) in [7, 11) is 0. The van der Waals surface area contributed by atoms with Crippen molar-refractivity contribution in [2.75, 3.05) is 10.6 Å². The summed E-state index contributed by atoms with van der Waals surface area (Å²) in [5.74, 6) is -0.199. The van der Waals surface area contributed by atoms with Crippen LogP contribution in [0.25, 0.3) is 0 Å². The van der Waals surface area contributed by atoms with Gasteiger partial charge in [-0.3, -0.25) is 14.9 Å². The zero-order valence-corrected chi connectivity index (χ0v) is 14.4. The van der Waals surface area contributed by atoms with Gasteiger partial charge in [0.15, 0.2) is 5.82 Å². The van der Waals surface area contributed by atoms with Crippen LogP contribution in [0, 0.1) is 0 Å². The molecule has 140 valence electrons. The average molecular weight is 378 g/mol. The topological polar surface area (TPSA) is 136 Å². The maximum atomic E-state index is 11.5. The smallest absolute Gasteiger partial charge is 0.322 e. The lowest BCUT2D eigenvalue weighted by molar-refractivity contribution is 0.101. The van der Waals surface area contributed by atoms with Crippen molar-refractivity contribution in [2.45, 2.75) is 0 Å². The zero-order chi connectivity index (χ0) is 19.6. The third kappa shape index (κ3) is 5.33. The molecular weight excluding hydrogens is 364 g/mol. The molecular formula is C18H14N6O4. The Morgan fingerprint density at radius 1 is 0.821 bits per heavy atom. The molecule has 2 aromatic heterocycles. The van der Waals surface area contributed by atoms with Gasteiger partial charge in [0.2, 0.25) is 6.39 Å². The molecule has 4 aromatic rings. The maximum absolute atomic E-state index is 11.5. The Kier molecular flexibility index (Phi) is 6.18. The number of carbonyl (C=O) groups is 2. The molecule has 0 saturated carbocycles. The lowest BCUT2D eigenvalue weighted by atomic mass is 10.2. The van der Waals surface area contributed by atoms with Crippen LogP contribution in [0.1, 0.15) is 20.7 Å². The Morgan fingerprint density at radius 3 is 1.93 bits per heavy atom. The second-order valence-electron chi connectivity index (χ2n) is 5.18. The van der Waals surface area contributed by atoms with E-state index < -0.39 is 0 Å². The van der Waals surface area contributed by atoms with Crippen LogP contribution < -0.4 is 10.6 Å². The molecule has 10 heteroatoms. The second kappa shape index (κ2) is 9.38. The summed E-state index contributed by atoms with van der Waals surface area (Å²) >= 11 is 0. The molecule has 0 saturated heterocycles. The van der Waals surface area contributed by atoms with E-state index in [0.717, 1.165) is 6.39 Å². The molecule has 2 N–H and O–H groups in total. The molecule has 0 aliphatic heterocycles. The summed E-state index contributed by atoms with van der Waals surface area (Å²) in [4.78, 5) is 23.0. The highest BCUT2D eigenvalue weighted by atomic mass is 16.6. The van der Waals surface area contributed by atoms with Gasteiger partial charge in [-0.15, -0.1) is 5.10 Å². The third-order valence-corrected chi connectivity index (χ3v) is 3.26. The van der Waals surface area contributed by atoms with E-state index in [4.69, 9.17) is 4.42 Å². The Labute approximate surface area is 158 Å². The minimum absolute atomic E-state index is 0.0962. The molecule has 0 aliphatic rings. The number of rotatable bonds is 4. The van der Waals surface area contributed by atoms with Crippen molar-refractivity contribution in [1.29, 1.82) is 0 Å². The fourth-order valence-corrected chi connectivity index (χ4v) is 1.98. The first-order valence-electron chi connectivity index (χ1n) is 7.99. The Morgan fingerprint density at radius 2 is 1.43 bits per heavy atom. The molecule has 28 heavy (non-hydrogen) atoms. The number of hydrogen-bond donors (Lipinski definition) is 2. The van der Waals surface area contributed by atoms with Gasteiger partial charge in [0.1, 0.15) is 6.20 Å². The number of amides is 2. The predicted molar refractivity (Wildman–Crippen MR) is 97.4 cm³/mol. The first-order valence-corrected chi connectivity index (χ1v) is 7.99. The average Bonchev–Trinajstić information content (AvgIpc) is 3.44. The van der Waals surface area contributed by atoms with E-state index in [2.05, 4.69) is 35.8 Å². The van der Waals surface area contributed by atoms with E-state index in [9.17, 15) is 9.59 Å². The molecule has 2 heterocycles. The van der Waals surface area contributed by atoms with Gasteiger partial charge < -0.3 is 9.73 Å². The standard InChI is InChI=1S/2C9H7N3O2/c13-8(7-4-2-1-3-5-7)11-9-12-10-6-14-9;13-9(7-4-2-1-3-5-7)11-8-6-10-14-12-8/h2*1-6H,(H,11,12,13). The fourth-order valence-electron chi connectivity index (χ4n) is 1.98. The molecule has 0 fully saturated rings. The summed E-state index contributed by atoms with van der Waals surface area (Å²) in [5, 5.41) is 18.8. The van der Waals surface area contributed by atoms with Gasteiger partial charge in [0.25, 0.3) is 11.8 Å². The normalized spacial score (nSPS) is 9.71. The van der Waals surface area contributed by atoms with Crippen molar-refractivity contribution in [1.82, 2.24) is 20.5 Å². The Hall–Kier alpha value is -4.34. The lowest BCUT2D eigenvalue weighted by Gasteiger charge is -1.98. The number of nitrogens with zero attached hydrogens (tertiary/aromatic N) is 4. The minimum atomic E-state index is -0.269. The second-order valence-corrected chi connectivity index (χ2v) is 5.18. The lowest BCUT2D eigenvalue weighted by Crippen LogP contribution is -2.11. The molecule has 0 bridgehead atoms. The van der Waals surface area contributed by atoms with Gasteiger partial charge in [-0.2, -0.15) is 0 Å². The molecule has 2 amide bonds. The van der Waals surface area contributed by atoms with Crippen molar-refractivity contribution < 1.29 is 18.6 Å². The highest BCUT2D eigenvalue weighted by Crippen LogP contribution is 2.05. The highest BCUT2D eigenvalue weighted by molar-refractivity contribution is 6.03. The van der Waals surface area contributed by atoms with Crippen molar-refractivity contribution >= 4 is 23.6 Å². The van der Waals surface area contributed by atoms with Gasteiger partial charge in [0.05, 0.1) is 0 Å². The summed E-state index contributed by atoms with van der Waals surface area (Å²) in [6.07, 6.45) is 2.49. The molecule has 0 radical (unpaired) electrons. The van der Waals surface area contributed by atoms with E-state index in [-0.39, 0.29) is 17.8 Å². The molecule has 10 nitrogen and oxygen atoms in total. The monoisotopic (exact) mass is 378 g/mol. The molecule has 2 aromatic carbocycles. The SMILES string of the molecule is O=C(Nc1cnon1)c1ccccc1.O=C(Nc1nnco1)c1ccccc1. The van der Waals surface area contributed by atoms with Crippen LogP contribution in [0.15, 0.2) is 82.3 Å². The first kappa shape index (κ1) is 18.5. The third-order valence-electron chi connectivity index (χ3n) is 3.26. The van der Waals surface area contributed by atoms with E-state index in [1.54, 1.807) is 48.5 Å². The molecule has 4 rings (SSSR count). The highest BCUT2D eigenvalue weighted by Gasteiger charge is 2.07.